The molecule has 1 saturated heterocycles. The highest BCUT2D eigenvalue weighted by atomic mass is 16.4. The second kappa shape index (κ2) is 4.30. The molecule has 3 rings (SSSR count). The summed E-state index contributed by atoms with van der Waals surface area (Å²) < 4.78 is 5.72. The first-order valence-electron chi connectivity index (χ1n) is 5.97. The first kappa shape index (κ1) is 10.5. The molecule has 2 aromatic rings. The molecular weight excluding hydrogens is 214 g/mol. The van der Waals surface area contributed by atoms with Crippen LogP contribution in [0.15, 0.2) is 28.7 Å². The predicted octanol–water partition coefficient (Wildman–Crippen LogP) is 2.47. The average Bonchev–Trinajstić information content (AvgIpc) is 3.00. The highest BCUT2D eigenvalue weighted by Crippen LogP contribution is 2.25. The molecule has 1 aromatic carbocycles. The Bertz CT molecular complexity index is 515. The lowest BCUT2D eigenvalue weighted by Crippen LogP contribution is -2.12. The van der Waals surface area contributed by atoms with Gasteiger partial charge in [-0.25, -0.2) is 0 Å². The number of nitrogens with one attached hydrogen (secondary N) is 1. The second-order valence-electron chi connectivity index (χ2n) is 4.46. The molecule has 4 nitrogen and oxygen atoms in total. The smallest absolute Gasteiger partial charge is 0.247 e. The van der Waals surface area contributed by atoms with E-state index in [1.54, 1.807) is 0 Å². The van der Waals surface area contributed by atoms with Gasteiger partial charge >= 0.3 is 0 Å². The SMILES string of the molecule is Cc1cccc(-c2nnc([C@@H]3CCCN3)o2)c1. The summed E-state index contributed by atoms with van der Waals surface area (Å²) in [5, 5.41) is 11.6. The third kappa shape index (κ3) is 2.08. The first-order valence-corrected chi connectivity index (χ1v) is 5.97. The average molecular weight is 229 g/mol. The number of aromatic nitrogens is 2. The van der Waals surface area contributed by atoms with Crippen LogP contribution in [0.1, 0.15) is 30.3 Å². The fourth-order valence-corrected chi connectivity index (χ4v) is 2.17. The van der Waals surface area contributed by atoms with E-state index in [0.717, 1.165) is 18.5 Å². The monoisotopic (exact) mass is 229 g/mol. The third-order valence-corrected chi connectivity index (χ3v) is 3.06. The molecule has 0 aliphatic carbocycles. The lowest BCUT2D eigenvalue weighted by molar-refractivity contribution is 0.437. The maximum Gasteiger partial charge on any atom is 0.247 e. The molecule has 1 N–H and O–H groups in total. The maximum absolute atomic E-state index is 5.72. The van der Waals surface area contributed by atoms with Crippen LogP contribution >= 0.6 is 0 Å². The molecule has 2 heterocycles. The zero-order chi connectivity index (χ0) is 11.7. The number of hydrogen-bond donors (Lipinski definition) is 1. The Morgan fingerprint density at radius 1 is 1.35 bits per heavy atom. The van der Waals surface area contributed by atoms with E-state index in [0.29, 0.717) is 11.8 Å². The summed E-state index contributed by atoms with van der Waals surface area (Å²) in [4.78, 5) is 0. The Hall–Kier alpha value is -1.68. The van der Waals surface area contributed by atoms with Gasteiger partial charge in [0, 0.05) is 5.56 Å². The Morgan fingerprint density at radius 3 is 3.06 bits per heavy atom. The van der Waals surface area contributed by atoms with Gasteiger partial charge in [-0.05, 0) is 38.4 Å². The quantitative estimate of drug-likeness (QED) is 0.859. The fourth-order valence-electron chi connectivity index (χ4n) is 2.17. The maximum atomic E-state index is 5.72. The number of nitrogens with zero attached hydrogens (tertiary/aromatic N) is 2. The molecule has 0 amide bonds. The van der Waals surface area contributed by atoms with E-state index in [1.165, 1.54) is 12.0 Å². The summed E-state index contributed by atoms with van der Waals surface area (Å²) in [7, 11) is 0. The number of benzene rings is 1. The molecule has 88 valence electrons. The van der Waals surface area contributed by atoms with Crippen LogP contribution in [0.25, 0.3) is 11.5 Å². The molecule has 0 bridgehead atoms. The molecule has 1 aliphatic heterocycles. The van der Waals surface area contributed by atoms with Crippen LogP contribution in [0.5, 0.6) is 0 Å². The molecule has 1 fully saturated rings. The number of rotatable bonds is 2. The van der Waals surface area contributed by atoms with Gasteiger partial charge < -0.3 is 9.73 Å². The van der Waals surface area contributed by atoms with E-state index in [9.17, 15) is 0 Å². The summed E-state index contributed by atoms with van der Waals surface area (Å²) in [6, 6.07) is 8.34. The zero-order valence-corrected chi connectivity index (χ0v) is 9.81. The fraction of sp³-hybridized carbons (Fsp3) is 0.385. The van der Waals surface area contributed by atoms with Crippen LogP contribution in [0.3, 0.4) is 0 Å². The van der Waals surface area contributed by atoms with Gasteiger partial charge in [0.15, 0.2) is 0 Å². The van der Waals surface area contributed by atoms with E-state index in [2.05, 4.69) is 34.6 Å². The van der Waals surface area contributed by atoms with Gasteiger partial charge in [-0.3, -0.25) is 0 Å². The molecule has 4 heteroatoms. The molecule has 1 aliphatic rings. The van der Waals surface area contributed by atoms with Gasteiger partial charge in [-0.1, -0.05) is 17.7 Å². The van der Waals surface area contributed by atoms with Crippen molar-refractivity contribution in [3.63, 3.8) is 0 Å². The molecular formula is C13H15N3O. The van der Waals surface area contributed by atoms with Crippen molar-refractivity contribution in [2.24, 2.45) is 0 Å². The van der Waals surface area contributed by atoms with Crippen LogP contribution in [0.2, 0.25) is 0 Å². The van der Waals surface area contributed by atoms with E-state index in [1.807, 2.05) is 12.1 Å². The normalized spacial score (nSPS) is 19.7. The van der Waals surface area contributed by atoms with E-state index in [4.69, 9.17) is 4.42 Å². The van der Waals surface area contributed by atoms with Crippen molar-refractivity contribution in [2.45, 2.75) is 25.8 Å². The Balaban J connectivity index is 1.89. The Kier molecular flexibility index (Phi) is 2.65. The Morgan fingerprint density at radius 2 is 2.29 bits per heavy atom. The minimum absolute atomic E-state index is 0.237. The van der Waals surface area contributed by atoms with Crippen molar-refractivity contribution in [3.8, 4) is 11.5 Å². The van der Waals surface area contributed by atoms with E-state index < -0.39 is 0 Å². The summed E-state index contributed by atoms with van der Waals surface area (Å²) in [6.07, 6.45) is 2.25. The van der Waals surface area contributed by atoms with Crippen LogP contribution in [-0.2, 0) is 0 Å². The molecule has 0 unspecified atom stereocenters. The van der Waals surface area contributed by atoms with E-state index >= 15 is 0 Å². The predicted molar refractivity (Wildman–Crippen MR) is 64.4 cm³/mol. The van der Waals surface area contributed by atoms with E-state index in [-0.39, 0.29) is 6.04 Å². The lowest BCUT2D eigenvalue weighted by Gasteiger charge is -2.02. The summed E-state index contributed by atoms with van der Waals surface area (Å²) >= 11 is 0. The van der Waals surface area contributed by atoms with Crippen molar-refractivity contribution in [1.82, 2.24) is 15.5 Å². The van der Waals surface area contributed by atoms with Crippen LogP contribution < -0.4 is 5.32 Å². The van der Waals surface area contributed by atoms with Crippen molar-refractivity contribution in [3.05, 3.63) is 35.7 Å². The standard InChI is InChI=1S/C13H15N3O/c1-9-4-2-5-10(8-9)12-15-16-13(17-12)11-6-3-7-14-11/h2,4-5,8,11,14H,3,6-7H2,1H3/t11-/m0/s1. The molecule has 0 radical (unpaired) electrons. The minimum Gasteiger partial charge on any atom is -0.419 e. The van der Waals surface area contributed by atoms with Gasteiger partial charge in [-0.15, -0.1) is 10.2 Å². The molecule has 0 spiro atoms. The summed E-state index contributed by atoms with van der Waals surface area (Å²) in [5.41, 5.74) is 2.18. The highest BCUT2D eigenvalue weighted by Gasteiger charge is 2.22. The van der Waals surface area contributed by atoms with Crippen molar-refractivity contribution >= 4 is 0 Å². The number of hydrogen-bond acceptors (Lipinski definition) is 4. The molecule has 0 saturated carbocycles. The van der Waals surface area contributed by atoms with Crippen molar-refractivity contribution in [2.75, 3.05) is 6.54 Å². The third-order valence-electron chi connectivity index (χ3n) is 3.06. The minimum atomic E-state index is 0.237. The largest absolute Gasteiger partial charge is 0.419 e. The van der Waals surface area contributed by atoms with Crippen LogP contribution in [0, 0.1) is 6.92 Å². The molecule has 1 atom stereocenters. The highest BCUT2D eigenvalue weighted by molar-refractivity contribution is 5.53. The zero-order valence-electron chi connectivity index (χ0n) is 9.81. The topological polar surface area (TPSA) is 51.0 Å². The van der Waals surface area contributed by atoms with Gasteiger partial charge in [0.05, 0.1) is 6.04 Å². The van der Waals surface area contributed by atoms with Crippen LogP contribution in [0.4, 0.5) is 0 Å². The van der Waals surface area contributed by atoms with Crippen molar-refractivity contribution < 1.29 is 4.42 Å². The summed E-state index contributed by atoms with van der Waals surface area (Å²) in [6.45, 7) is 3.09. The van der Waals surface area contributed by atoms with Gasteiger partial charge in [0.1, 0.15) is 0 Å². The van der Waals surface area contributed by atoms with Crippen molar-refractivity contribution in [1.29, 1.82) is 0 Å². The second-order valence-corrected chi connectivity index (χ2v) is 4.46. The summed E-state index contributed by atoms with van der Waals surface area (Å²) in [5.74, 6) is 1.32. The molecule has 1 aromatic heterocycles. The van der Waals surface area contributed by atoms with Gasteiger partial charge in [0.2, 0.25) is 11.8 Å². The van der Waals surface area contributed by atoms with Gasteiger partial charge in [-0.2, -0.15) is 0 Å². The van der Waals surface area contributed by atoms with Gasteiger partial charge in [0.25, 0.3) is 0 Å². The Labute approximate surface area is 100 Å². The molecule has 17 heavy (non-hydrogen) atoms. The first-order chi connectivity index (χ1) is 8.33. The van der Waals surface area contributed by atoms with Crippen LogP contribution in [-0.4, -0.2) is 16.7 Å². The lowest BCUT2D eigenvalue weighted by atomic mass is 10.1. The number of aryl methyl sites for hydroxylation is 1.